The summed E-state index contributed by atoms with van der Waals surface area (Å²) in [6.45, 7) is 67.7. The Hall–Kier alpha value is -6.24. The fraction of sp³-hybridized carbons (Fsp3) is 0.455. The molecule has 0 saturated heterocycles. The third kappa shape index (κ3) is 23.3. The predicted molar refractivity (Wildman–Crippen MR) is 396 cm³/mol. The Balaban J connectivity index is 0.000000237. The second-order valence-electron chi connectivity index (χ2n) is 35.1. The van der Waals surface area contributed by atoms with Gasteiger partial charge in [-0.3, -0.25) is 0 Å². The van der Waals surface area contributed by atoms with Crippen molar-refractivity contribution < 1.29 is 0 Å². The first-order chi connectivity index (χ1) is 40.0. The molecule has 8 rings (SSSR count). The van der Waals surface area contributed by atoms with Gasteiger partial charge >= 0.3 is 0 Å². The maximum absolute atomic E-state index is 2.33. The maximum atomic E-state index is 2.33. The third-order valence-electron chi connectivity index (χ3n) is 16.7. The molecule has 0 aliphatic rings. The molecule has 0 atom stereocenters. The largest absolute Gasteiger partial charge is 0.0617 e. The number of hydrogen-bond donors (Lipinski definition) is 0. The van der Waals surface area contributed by atoms with Crippen LogP contribution in [-0.2, 0) is 54.1 Å². The van der Waals surface area contributed by atoms with Crippen LogP contribution in [0.5, 0.6) is 0 Å². The van der Waals surface area contributed by atoms with Crippen LogP contribution in [0.3, 0.4) is 0 Å². The molecule has 0 aliphatic heterocycles. The second-order valence-corrected chi connectivity index (χ2v) is 35.1. The van der Waals surface area contributed by atoms with Crippen molar-refractivity contribution in [3.05, 3.63) is 250 Å². The Bertz CT molecular complexity index is 3220. The molecule has 8 aromatic rings. The smallest absolute Gasteiger partial charge is 0.0132 e. The highest BCUT2D eigenvalue weighted by molar-refractivity contribution is 5.67. The molecule has 0 aromatic heterocycles. The molecular formula is C88H122. The van der Waals surface area contributed by atoms with Gasteiger partial charge in [0.15, 0.2) is 0 Å². The molecule has 0 heteroatoms. The Kier molecular flexibility index (Phi) is 24.2. The first-order valence-electron chi connectivity index (χ1n) is 32.8. The van der Waals surface area contributed by atoms with Crippen LogP contribution in [-0.4, -0.2) is 0 Å². The minimum absolute atomic E-state index is 0.192. The van der Waals surface area contributed by atoms with Crippen molar-refractivity contribution >= 4 is 0 Å². The molecule has 0 N–H and O–H groups in total. The van der Waals surface area contributed by atoms with Crippen molar-refractivity contribution in [2.45, 2.75) is 262 Å². The Morgan fingerprint density at radius 3 is 0.443 bits per heavy atom. The van der Waals surface area contributed by atoms with Gasteiger partial charge < -0.3 is 0 Å². The summed E-state index contributed by atoms with van der Waals surface area (Å²) in [7, 11) is 0. The minimum atomic E-state index is 0.192. The fourth-order valence-electron chi connectivity index (χ4n) is 9.91. The monoisotopic (exact) mass is 1180 g/mol. The van der Waals surface area contributed by atoms with E-state index in [1.165, 1.54) is 89.0 Å². The van der Waals surface area contributed by atoms with Crippen LogP contribution < -0.4 is 0 Å². The number of rotatable bonds is 3. The second kappa shape index (κ2) is 28.7. The average molecular weight is 1180 g/mol. The Morgan fingerprint density at radius 2 is 0.261 bits per heavy atom. The lowest BCUT2D eigenvalue weighted by Gasteiger charge is -2.24. The molecule has 0 bridgehead atoms. The van der Waals surface area contributed by atoms with E-state index in [2.05, 4.69) is 402 Å². The van der Waals surface area contributed by atoms with Crippen molar-refractivity contribution in [1.29, 1.82) is 0 Å². The van der Waals surface area contributed by atoms with E-state index in [1.54, 1.807) is 0 Å². The minimum Gasteiger partial charge on any atom is -0.0617 e. The maximum Gasteiger partial charge on any atom is -0.0132 e. The van der Waals surface area contributed by atoms with Gasteiger partial charge in [0, 0.05) is 0 Å². The first-order valence-corrected chi connectivity index (χ1v) is 32.8. The predicted octanol–water partition coefficient (Wildman–Crippen LogP) is 26.4. The van der Waals surface area contributed by atoms with Gasteiger partial charge in [-0.25, -0.2) is 0 Å². The van der Waals surface area contributed by atoms with E-state index in [0.717, 1.165) is 0 Å². The van der Waals surface area contributed by atoms with E-state index in [-0.39, 0.29) is 54.1 Å². The van der Waals surface area contributed by atoms with E-state index in [4.69, 9.17) is 0 Å². The van der Waals surface area contributed by atoms with Crippen molar-refractivity contribution in [2.24, 2.45) is 0 Å². The average Bonchev–Trinajstić information content (AvgIpc) is 1.20. The molecule has 0 amide bonds. The van der Waals surface area contributed by atoms with Crippen LogP contribution in [0.15, 0.2) is 194 Å². The van der Waals surface area contributed by atoms with E-state index in [0.29, 0.717) is 0 Å². The summed E-state index contributed by atoms with van der Waals surface area (Å²) in [5, 5.41) is 0. The van der Waals surface area contributed by atoms with Crippen LogP contribution >= 0.6 is 0 Å². The van der Waals surface area contributed by atoms with E-state index >= 15 is 0 Å². The van der Waals surface area contributed by atoms with Crippen LogP contribution in [0.25, 0.3) is 33.4 Å². The summed E-state index contributed by atoms with van der Waals surface area (Å²) in [6, 6.07) is 71.5. The summed E-state index contributed by atoms with van der Waals surface area (Å²) in [6.07, 6.45) is 0. The molecule has 0 radical (unpaired) electrons. The van der Waals surface area contributed by atoms with Gasteiger partial charge in [-0.1, -0.05) is 402 Å². The SMILES string of the molecule is CC(C)(C)c1ccc(-c2ccc(C(C)(C)C)cc2)cc1.CC(C)(C)c1ccc(-c2cccc(C(C)(C)C)c2)cc1.CC(C)(C)c1ccc(C(C)(C)C)cc1.CC(C)(C)c1cccc(-c2cccc(C(C)(C)C)c2)c1.CC(C)(C)c1cccc(C(C)(C)C)c1. The molecule has 0 saturated carbocycles. The summed E-state index contributed by atoms with van der Waals surface area (Å²) in [5.74, 6) is 0. The van der Waals surface area contributed by atoms with Crippen molar-refractivity contribution in [1.82, 2.24) is 0 Å². The highest BCUT2D eigenvalue weighted by atomic mass is 14.3. The van der Waals surface area contributed by atoms with Gasteiger partial charge in [0.25, 0.3) is 0 Å². The standard InChI is InChI=1S/3C20H26.2C14H22/c1-19(2,3)17-11-7-15(8-12-17)16-9-13-18(14-10-16)20(4,5)6;1-19(2,3)17-11-7-9-15(13-17)16-10-8-12-18(14-16)20(4,5)6;1-19(2,3)17-12-10-15(11-13-17)16-8-7-9-18(14-16)20(4,5)6;1-13(2,3)11-7-9-12(10-8-11)14(4,5)6;1-13(2,3)11-8-7-9-12(10-11)14(4,5)6/h3*7-14H,1-6H3;2*7-10H,1-6H3. The summed E-state index contributed by atoms with van der Waals surface area (Å²) in [5.41, 5.74) is 24.0. The summed E-state index contributed by atoms with van der Waals surface area (Å²) in [4.78, 5) is 0. The molecule has 0 spiro atoms. The zero-order valence-corrected chi connectivity index (χ0v) is 61.5. The Morgan fingerprint density at radius 1 is 0.125 bits per heavy atom. The summed E-state index contributed by atoms with van der Waals surface area (Å²) >= 11 is 0. The molecule has 0 nitrogen and oxygen atoms in total. The third-order valence-corrected chi connectivity index (χ3v) is 16.7. The lowest BCUT2D eigenvalue weighted by Crippen LogP contribution is -2.15. The van der Waals surface area contributed by atoms with Gasteiger partial charge in [0.2, 0.25) is 0 Å². The lowest BCUT2D eigenvalue weighted by molar-refractivity contribution is 0.568. The number of benzene rings is 8. The zero-order chi connectivity index (χ0) is 66.9. The van der Waals surface area contributed by atoms with Gasteiger partial charge in [-0.05, 0) is 143 Å². The summed E-state index contributed by atoms with van der Waals surface area (Å²) < 4.78 is 0. The molecule has 88 heavy (non-hydrogen) atoms. The van der Waals surface area contributed by atoms with Crippen LogP contribution in [0.1, 0.15) is 263 Å². The first kappa shape index (κ1) is 74.2. The van der Waals surface area contributed by atoms with Gasteiger partial charge in [0.05, 0.1) is 0 Å². The zero-order valence-electron chi connectivity index (χ0n) is 61.5. The highest BCUT2D eigenvalue weighted by Crippen LogP contribution is 2.35. The van der Waals surface area contributed by atoms with Crippen molar-refractivity contribution in [2.75, 3.05) is 0 Å². The van der Waals surface area contributed by atoms with E-state index in [9.17, 15) is 0 Å². The molecule has 0 fully saturated rings. The molecule has 474 valence electrons. The van der Waals surface area contributed by atoms with Crippen LogP contribution in [0.4, 0.5) is 0 Å². The fourth-order valence-corrected chi connectivity index (χ4v) is 9.91. The van der Waals surface area contributed by atoms with Gasteiger partial charge in [-0.2, -0.15) is 0 Å². The van der Waals surface area contributed by atoms with Crippen molar-refractivity contribution in [3.8, 4) is 33.4 Å². The van der Waals surface area contributed by atoms with Gasteiger partial charge in [0.1, 0.15) is 0 Å². The lowest BCUT2D eigenvalue weighted by atomic mass is 9.81. The van der Waals surface area contributed by atoms with Crippen molar-refractivity contribution in [3.63, 3.8) is 0 Å². The highest BCUT2D eigenvalue weighted by Gasteiger charge is 2.22. The topological polar surface area (TPSA) is 0 Å². The molecule has 8 aromatic carbocycles. The van der Waals surface area contributed by atoms with Crippen LogP contribution in [0.2, 0.25) is 0 Å². The molecule has 0 heterocycles. The molecule has 0 aliphatic carbocycles. The quantitative estimate of drug-likeness (QED) is 0.165. The van der Waals surface area contributed by atoms with E-state index in [1.807, 2.05) is 0 Å². The Labute approximate surface area is 541 Å². The molecular weight excluding hydrogens is 1060 g/mol. The van der Waals surface area contributed by atoms with E-state index < -0.39 is 0 Å². The number of hydrogen-bond acceptors (Lipinski definition) is 0. The normalized spacial score (nSPS) is 12.7. The molecule has 0 unspecified atom stereocenters. The van der Waals surface area contributed by atoms with Gasteiger partial charge in [-0.15, -0.1) is 0 Å². The van der Waals surface area contributed by atoms with Crippen LogP contribution in [0, 0.1) is 0 Å².